The lowest BCUT2D eigenvalue weighted by atomic mass is 9.84. The van der Waals surface area contributed by atoms with E-state index in [1.165, 1.54) is 218 Å². The summed E-state index contributed by atoms with van der Waals surface area (Å²) >= 11 is 0. The van der Waals surface area contributed by atoms with E-state index in [2.05, 4.69) is 413 Å². The third kappa shape index (κ3) is 10.5. The summed E-state index contributed by atoms with van der Waals surface area (Å²) < 4.78 is 0. The predicted octanol–water partition coefficient (Wildman–Crippen LogP) is 30.5. The maximum atomic E-state index is 2.40. The molecular formula is C108H68. The van der Waals surface area contributed by atoms with Crippen LogP contribution in [0, 0.1) is 0 Å². The minimum Gasteiger partial charge on any atom is -0.0616 e. The molecule has 0 aliphatic carbocycles. The molecule has 0 aromatic heterocycles. The molecule has 108 heavy (non-hydrogen) atoms. The van der Waals surface area contributed by atoms with E-state index in [4.69, 9.17) is 0 Å². The van der Waals surface area contributed by atoms with Crippen molar-refractivity contribution in [3.8, 4) is 89.0 Å². The smallest absolute Gasteiger partial charge is 0.00201 e. The Morgan fingerprint density at radius 3 is 0.667 bits per heavy atom. The van der Waals surface area contributed by atoms with Crippen LogP contribution in [0.3, 0.4) is 0 Å². The van der Waals surface area contributed by atoms with Gasteiger partial charge in [-0.25, -0.2) is 0 Å². The average molecular weight is 1370 g/mol. The Morgan fingerprint density at radius 2 is 0.306 bits per heavy atom. The van der Waals surface area contributed by atoms with Crippen molar-refractivity contribution in [3.63, 3.8) is 0 Å². The molecule has 0 heterocycles. The fourth-order valence-electron chi connectivity index (χ4n) is 17.9. The van der Waals surface area contributed by atoms with Gasteiger partial charge in [-0.2, -0.15) is 0 Å². The van der Waals surface area contributed by atoms with Gasteiger partial charge in [0.05, 0.1) is 0 Å². The lowest BCUT2D eigenvalue weighted by Crippen LogP contribution is -1.92. The van der Waals surface area contributed by atoms with E-state index in [0.717, 1.165) is 0 Å². The van der Waals surface area contributed by atoms with Gasteiger partial charge in [-0.1, -0.05) is 382 Å². The highest BCUT2D eigenvalue weighted by Gasteiger charge is 2.22. The predicted molar refractivity (Wildman–Crippen MR) is 466 cm³/mol. The van der Waals surface area contributed by atoms with Crippen LogP contribution in [0.2, 0.25) is 0 Å². The van der Waals surface area contributed by atoms with Gasteiger partial charge in [0, 0.05) is 0 Å². The first-order chi connectivity index (χ1) is 53.6. The largest absolute Gasteiger partial charge is 0.0616 e. The standard InChI is InChI=1S/2C54H34/c1-3-17-41-36(13-1)15-11-25-45(41)47-32-31-43(44-19-5-6-20-46(44)47)38-29-27-35-28-30-39(34-40(35)33-38)53-49-21-7-9-23-51(49)54(52-24-10-8-22-50(52)53)48-26-12-16-37-14-2-4-18-42(37)48;1-2-14-38-32-39(27-24-35(38)12-1)44-30-31-45(47-18-6-5-17-46(44)47)40-28-25-36-26-29-41(34-42(36)33-40)53-49-19-7-9-21-51(49)54(52-22-10-8-20-50(52)53)48-23-11-15-37-13-3-4-16-43(37)48/h2*1-34H. The fraction of sp³-hybridized carbons (Fsp3) is 0. The Kier molecular flexibility index (Phi) is 15.0. The van der Waals surface area contributed by atoms with Gasteiger partial charge in [-0.15, -0.1) is 0 Å². The first kappa shape index (κ1) is 62.5. The van der Waals surface area contributed by atoms with Crippen LogP contribution in [0.25, 0.3) is 218 Å². The van der Waals surface area contributed by atoms with Crippen LogP contribution in [0.5, 0.6) is 0 Å². The van der Waals surface area contributed by atoms with Crippen LogP contribution in [0.15, 0.2) is 413 Å². The fourth-order valence-corrected chi connectivity index (χ4v) is 17.9. The Hall–Kier alpha value is -14.0. The van der Waals surface area contributed by atoms with Crippen molar-refractivity contribution >= 4 is 129 Å². The molecule has 0 N–H and O–H groups in total. The summed E-state index contributed by atoms with van der Waals surface area (Å²) in [5, 5.41) is 30.3. The van der Waals surface area contributed by atoms with Gasteiger partial charge >= 0.3 is 0 Å². The highest BCUT2D eigenvalue weighted by Crippen LogP contribution is 2.50. The lowest BCUT2D eigenvalue weighted by Gasteiger charge is -2.19. The number of hydrogen-bond donors (Lipinski definition) is 0. The SMILES string of the molecule is c1ccc2c(-c3ccc(-c4ccc5ccc(-c6c7ccccc7c(-c7cccc8ccccc78)c7ccccc67)cc5c4)c4ccccc34)cccc2c1.c1ccc2cc(-c3ccc(-c4ccc5ccc(-c6c7ccccc7c(-c7cccc8ccccc78)c7ccccc67)cc5c4)c4ccccc34)ccc2c1. The van der Waals surface area contributed by atoms with Gasteiger partial charge in [0.25, 0.3) is 0 Å². The van der Waals surface area contributed by atoms with E-state index < -0.39 is 0 Å². The van der Waals surface area contributed by atoms with Gasteiger partial charge in [0.2, 0.25) is 0 Å². The van der Waals surface area contributed by atoms with Crippen molar-refractivity contribution in [1.82, 2.24) is 0 Å². The minimum atomic E-state index is 1.22. The van der Waals surface area contributed by atoms with Crippen LogP contribution in [0.1, 0.15) is 0 Å². The molecule has 0 aliphatic heterocycles. The summed E-state index contributed by atoms with van der Waals surface area (Å²) in [6.45, 7) is 0. The first-order valence-electron chi connectivity index (χ1n) is 37.5. The zero-order valence-electron chi connectivity index (χ0n) is 59.3. The summed E-state index contributed by atoms with van der Waals surface area (Å²) in [6, 6.07) is 152. The van der Waals surface area contributed by atoms with Crippen molar-refractivity contribution in [2.24, 2.45) is 0 Å². The summed E-state index contributed by atoms with van der Waals surface area (Å²) in [6.07, 6.45) is 0. The van der Waals surface area contributed by atoms with Crippen molar-refractivity contribution in [3.05, 3.63) is 413 Å². The molecule has 0 spiro atoms. The molecule has 0 bridgehead atoms. The molecule has 22 aromatic rings. The normalized spacial score (nSPS) is 11.7. The van der Waals surface area contributed by atoms with Gasteiger partial charge in [0.1, 0.15) is 0 Å². The Labute approximate surface area is 626 Å². The molecular weight excluding hydrogens is 1300 g/mol. The molecule has 500 valence electrons. The summed E-state index contributed by atoms with van der Waals surface area (Å²) in [7, 11) is 0. The maximum absolute atomic E-state index is 2.40. The van der Waals surface area contributed by atoms with Crippen molar-refractivity contribution in [2.45, 2.75) is 0 Å². The number of hydrogen-bond acceptors (Lipinski definition) is 0. The van der Waals surface area contributed by atoms with Crippen molar-refractivity contribution in [2.75, 3.05) is 0 Å². The molecule has 0 atom stereocenters. The number of rotatable bonds is 8. The Morgan fingerprint density at radius 1 is 0.0926 bits per heavy atom. The second-order valence-corrected chi connectivity index (χ2v) is 28.8. The summed E-state index contributed by atoms with van der Waals surface area (Å²) in [5.41, 5.74) is 20.1. The molecule has 0 heteroatoms. The summed E-state index contributed by atoms with van der Waals surface area (Å²) in [4.78, 5) is 0. The zero-order chi connectivity index (χ0) is 71.2. The van der Waals surface area contributed by atoms with Crippen LogP contribution in [-0.4, -0.2) is 0 Å². The van der Waals surface area contributed by atoms with Gasteiger partial charge in [-0.3, -0.25) is 0 Å². The molecule has 22 aromatic carbocycles. The highest BCUT2D eigenvalue weighted by molar-refractivity contribution is 6.26. The first-order valence-corrected chi connectivity index (χ1v) is 37.5. The average Bonchev–Trinajstić information content (AvgIpc) is 0.732. The molecule has 0 aliphatic rings. The van der Waals surface area contributed by atoms with E-state index in [0.29, 0.717) is 0 Å². The molecule has 0 radical (unpaired) electrons. The van der Waals surface area contributed by atoms with E-state index in [9.17, 15) is 0 Å². The zero-order valence-corrected chi connectivity index (χ0v) is 59.3. The van der Waals surface area contributed by atoms with Crippen LogP contribution in [0.4, 0.5) is 0 Å². The molecule has 0 unspecified atom stereocenters. The van der Waals surface area contributed by atoms with Crippen molar-refractivity contribution < 1.29 is 0 Å². The lowest BCUT2D eigenvalue weighted by molar-refractivity contribution is 1.65. The number of benzene rings is 22. The topological polar surface area (TPSA) is 0 Å². The minimum absolute atomic E-state index is 1.22. The van der Waals surface area contributed by atoms with Crippen molar-refractivity contribution in [1.29, 1.82) is 0 Å². The molecule has 0 amide bonds. The van der Waals surface area contributed by atoms with Gasteiger partial charge in [-0.05, 0) is 249 Å². The molecule has 0 saturated heterocycles. The van der Waals surface area contributed by atoms with E-state index in [1.54, 1.807) is 0 Å². The van der Waals surface area contributed by atoms with Crippen LogP contribution in [-0.2, 0) is 0 Å². The Balaban J connectivity index is 0.000000138. The van der Waals surface area contributed by atoms with Crippen LogP contribution < -0.4 is 0 Å². The van der Waals surface area contributed by atoms with Gasteiger partial charge < -0.3 is 0 Å². The maximum Gasteiger partial charge on any atom is -0.00201 e. The summed E-state index contributed by atoms with van der Waals surface area (Å²) in [5.74, 6) is 0. The molecule has 0 fully saturated rings. The van der Waals surface area contributed by atoms with E-state index in [-0.39, 0.29) is 0 Å². The highest BCUT2D eigenvalue weighted by atomic mass is 14.3. The second-order valence-electron chi connectivity index (χ2n) is 28.8. The number of fused-ring (bicyclic) bond motifs is 12. The third-order valence-corrected chi connectivity index (χ3v) is 22.8. The van der Waals surface area contributed by atoms with Gasteiger partial charge in [0.15, 0.2) is 0 Å². The monoisotopic (exact) mass is 1360 g/mol. The molecule has 0 nitrogen and oxygen atoms in total. The molecule has 0 saturated carbocycles. The Bertz CT molecular complexity index is 7300. The van der Waals surface area contributed by atoms with Crippen LogP contribution >= 0.6 is 0 Å². The molecule has 22 rings (SSSR count). The van der Waals surface area contributed by atoms with E-state index in [1.807, 2.05) is 0 Å². The van der Waals surface area contributed by atoms with E-state index >= 15 is 0 Å². The third-order valence-electron chi connectivity index (χ3n) is 22.8. The quantitative estimate of drug-likeness (QED) is 0.133. The second kappa shape index (κ2) is 26.0.